The maximum atomic E-state index is 12.3. The largest absolute Gasteiger partial charge is 0.493 e. The van der Waals surface area contributed by atoms with Crippen LogP contribution in [0.4, 0.5) is 0 Å². The Labute approximate surface area is 150 Å². The van der Waals surface area contributed by atoms with E-state index in [1.807, 2.05) is 18.2 Å². The first kappa shape index (κ1) is 17.2. The molecule has 0 unspecified atom stereocenters. The lowest BCUT2D eigenvalue weighted by molar-refractivity contribution is 0.0953. The Morgan fingerprint density at radius 1 is 1.16 bits per heavy atom. The molecule has 0 atom stereocenters. The second-order valence-corrected chi connectivity index (χ2v) is 5.79. The summed E-state index contributed by atoms with van der Waals surface area (Å²) < 4.78 is 21.0. The van der Waals surface area contributed by atoms with Crippen LogP contribution in [-0.4, -0.2) is 33.5 Å². The van der Waals surface area contributed by atoms with Crippen LogP contribution < -0.4 is 24.3 Å². The van der Waals surface area contributed by atoms with Crippen LogP contribution in [0, 0.1) is 0 Å². The lowest BCUT2D eigenvalue weighted by Crippen LogP contribution is -2.25. The van der Waals surface area contributed by atoms with Crippen molar-refractivity contribution in [1.82, 2.24) is 5.32 Å². The van der Waals surface area contributed by atoms with Crippen molar-refractivity contribution in [2.45, 2.75) is 6.42 Å². The normalized spacial score (nSPS) is 12.0. The molecule has 0 spiro atoms. The average Bonchev–Trinajstić information content (AvgIpc) is 3.08. The van der Waals surface area contributed by atoms with Crippen molar-refractivity contribution in [2.24, 2.45) is 0 Å². The monoisotopic (exact) mass is 363 g/mol. The Hall–Kier alpha value is -2.60. The quantitative estimate of drug-likeness (QED) is 0.854. The zero-order chi connectivity index (χ0) is 17.8. The molecule has 2 aromatic carbocycles. The standard InChI is InChI=1S/C18H18ClNO5/c1-22-16-9-12(8-13(19)17(16)23-2)18(21)20-6-5-11-3-4-14-15(7-11)25-10-24-14/h3-4,7-9H,5-6,10H2,1-2H3,(H,20,21). The van der Waals surface area contributed by atoms with Gasteiger partial charge in [0.25, 0.3) is 5.91 Å². The van der Waals surface area contributed by atoms with Crippen LogP contribution in [0.5, 0.6) is 23.0 Å². The molecule has 1 N–H and O–H groups in total. The minimum absolute atomic E-state index is 0.233. The first-order valence-corrected chi connectivity index (χ1v) is 8.08. The van der Waals surface area contributed by atoms with E-state index in [0.717, 1.165) is 17.1 Å². The van der Waals surface area contributed by atoms with E-state index in [4.69, 9.17) is 30.5 Å². The molecule has 0 aromatic heterocycles. The molecule has 0 saturated carbocycles. The third-order valence-electron chi connectivity index (χ3n) is 3.83. The van der Waals surface area contributed by atoms with Crippen LogP contribution in [-0.2, 0) is 6.42 Å². The van der Waals surface area contributed by atoms with Gasteiger partial charge in [-0.05, 0) is 36.2 Å². The van der Waals surface area contributed by atoms with E-state index in [1.54, 1.807) is 12.1 Å². The second-order valence-electron chi connectivity index (χ2n) is 5.39. The number of rotatable bonds is 6. The van der Waals surface area contributed by atoms with Crippen molar-refractivity contribution in [3.05, 3.63) is 46.5 Å². The summed E-state index contributed by atoms with van der Waals surface area (Å²) in [4.78, 5) is 12.3. The van der Waals surface area contributed by atoms with Gasteiger partial charge >= 0.3 is 0 Å². The number of carbonyl (C=O) groups is 1. The number of hydrogen-bond acceptors (Lipinski definition) is 5. The van der Waals surface area contributed by atoms with Gasteiger partial charge in [-0.2, -0.15) is 0 Å². The first-order valence-electron chi connectivity index (χ1n) is 7.70. The van der Waals surface area contributed by atoms with Crippen LogP contribution in [0.3, 0.4) is 0 Å². The Bertz CT molecular complexity index is 793. The zero-order valence-corrected chi connectivity index (χ0v) is 14.7. The summed E-state index contributed by atoms with van der Waals surface area (Å²) in [5, 5.41) is 3.19. The molecule has 2 aromatic rings. The Kier molecular flexibility index (Phi) is 5.19. The third kappa shape index (κ3) is 3.74. The van der Waals surface area contributed by atoms with Gasteiger partial charge in [0.15, 0.2) is 23.0 Å². The van der Waals surface area contributed by atoms with E-state index in [9.17, 15) is 4.79 Å². The first-order chi connectivity index (χ1) is 12.1. The average molecular weight is 364 g/mol. The summed E-state index contributed by atoms with van der Waals surface area (Å²) in [6.45, 7) is 0.722. The van der Waals surface area contributed by atoms with Crippen molar-refractivity contribution in [2.75, 3.05) is 27.6 Å². The minimum atomic E-state index is -0.233. The van der Waals surface area contributed by atoms with E-state index >= 15 is 0 Å². The summed E-state index contributed by atoms with van der Waals surface area (Å²) in [5.74, 6) is 2.06. The van der Waals surface area contributed by atoms with E-state index in [0.29, 0.717) is 35.1 Å². The highest BCUT2D eigenvalue weighted by molar-refractivity contribution is 6.32. The smallest absolute Gasteiger partial charge is 0.251 e. The predicted molar refractivity (Wildman–Crippen MR) is 93.2 cm³/mol. The van der Waals surface area contributed by atoms with Crippen LogP contribution in [0.15, 0.2) is 30.3 Å². The maximum Gasteiger partial charge on any atom is 0.251 e. The number of carbonyl (C=O) groups excluding carboxylic acids is 1. The predicted octanol–water partition coefficient (Wildman–Crippen LogP) is 3.06. The molecule has 1 heterocycles. The number of ether oxygens (including phenoxy) is 4. The Morgan fingerprint density at radius 3 is 2.72 bits per heavy atom. The number of benzene rings is 2. The van der Waals surface area contributed by atoms with E-state index in [2.05, 4.69) is 5.32 Å². The molecule has 0 radical (unpaired) electrons. The van der Waals surface area contributed by atoms with Crippen molar-refractivity contribution >= 4 is 17.5 Å². The number of nitrogens with one attached hydrogen (secondary N) is 1. The molecule has 1 aliphatic rings. The Morgan fingerprint density at radius 2 is 1.96 bits per heavy atom. The summed E-state index contributed by atoms with van der Waals surface area (Å²) in [5.41, 5.74) is 1.46. The summed E-state index contributed by atoms with van der Waals surface area (Å²) >= 11 is 6.13. The number of fused-ring (bicyclic) bond motifs is 1. The minimum Gasteiger partial charge on any atom is -0.493 e. The SMILES string of the molecule is COc1cc(C(=O)NCCc2ccc3c(c2)OCO3)cc(Cl)c1OC. The molecule has 0 bridgehead atoms. The van der Waals surface area contributed by atoms with Gasteiger partial charge in [-0.25, -0.2) is 0 Å². The second kappa shape index (κ2) is 7.53. The summed E-state index contributed by atoms with van der Waals surface area (Å²) in [6.07, 6.45) is 0.670. The topological polar surface area (TPSA) is 66.0 Å². The van der Waals surface area contributed by atoms with Gasteiger partial charge in [0.2, 0.25) is 6.79 Å². The van der Waals surface area contributed by atoms with Gasteiger partial charge in [0, 0.05) is 12.1 Å². The zero-order valence-electron chi connectivity index (χ0n) is 13.9. The molecule has 25 heavy (non-hydrogen) atoms. The summed E-state index contributed by atoms with van der Waals surface area (Å²) in [7, 11) is 2.99. The van der Waals surface area contributed by atoms with Crippen LogP contribution in [0.1, 0.15) is 15.9 Å². The van der Waals surface area contributed by atoms with Gasteiger partial charge in [-0.1, -0.05) is 17.7 Å². The highest BCUT2D eigenvalue weighted by Crippen LogP contribution is 2.36. The van der Waals surface area contributed by atoms with Crippen LogP contribution >= 0.6 is 11.6 Å². The lowest BCUT2D eigenvalue weighted by atomic mass is 10.1. The molecule has 0 fully saturated rings. The van der Waals surface area contributed by atoms with Gasteiger partial charge in [0.05, 0.1) is 19.2 Å². The Balaban J connectivity index is 1.62. The van der Waals surface area contributed by atoms with Gasteiger partial charge < -0.3 is 24.3 Å². The number of hydrogen-bond donors (Lipinski definition) is 1. The molecular formula is C18H18ClNO5. The van der Waals surface area contributed by atoms with Gasteiger partial charge in [0.1, 0.15) is 0 Å². The third-order valence-corrected chi connectivity index (χ3v) is 4.11. The number of halogens is 1. The highest BCUT2D eigenvalue weighted by atomic mass is 35.5. The fraction of sp³-hybridized carbons (Fsp3) is 0.278. The fourth-order valence-corrected chi connectivity index (χ4v) is 2.86. The van der Waals surface area contributed by atoms with E-state index < -0.39 is 0 Å². The molecular weight excluding hydrogens is 346 g/mol. The molecule has 6 nitrogen and oxygen atoms in total. The number of amides is 1. The molecule has 132 valence electrons. The lowest BCUT2D eigenvalue weighted by Gasteiger charge is -2.12. The van der Waals surface area contributed by atoms with Crippen molar-refractivity contribution in [3.8, 4) is 23.0 Å². The maximum absolute atomic E-state index is 12.3. The van der Waals surface area contributed by atoms with Crippen molar-refractivity contribution in [3.63, 3.8) is 0 Å². The highest BCUT2D eigenvalue weighted by Gasteiger charge is 2.16. The molecule has 3 rings (SSSR count). The fourth-order valence-electron chi connectivity index (χ4n) is 2.57. The van der Waals surface area contributed by atoms with E-state index in [1.165, 1.54) is 14.2 Å². The molecule has 1 aliphatic heterocycles. The van der Waals surface area contributed by atoms with E-state index in [-0.39, 0.29) is 12.7 Å². The van der Waals surface area contributed by atoms with Gasteiger partial charge in [-0.3, -0.25) is 4.79 Å². The molecule has 0 aliphatic carbocycles. The molecule has 7 heteroatoms. The van der Waals surface area contributed by atoms with Crippen molar-refractivity contribution in [1.29, 1.82) is 0 Å². The molecule has 1 amide bonds. The molecule has 0 saturated heterocycles. The van der Waals surface area contributed by atoms with Crippen LogP contribution in [0.2, 0.25) is 5.02 Å². The van der Waals surface area contributed by atoms with Crippen molar-refractivity contribution < 1.29 is 23.7 Å². The van der Waals surface area contributed by atoms with Crippen LogP contribution in [0.25, 0.3) is 0 Å². The number of methoxy groups -OCH3 is 2. The van der Waals surface area contributed by atoms with Gasteiger partial charge in [-0.15, -0.1) is 0 Å². The summed E-state index contributed by atoms with van der Waals surface area (Å²) in [6, 6.07) is 8.89.